The Hall–Kier alpha value is -3.61. The maximum atomic E-state index is 13.9. The highest BCUT2D eigenvalue weighted by atomic mass is 32.1. The predicted octanol–water partition coefficient (Wildman–Crippen LogP) is 6.09. The molecule has 1 N–H and O–H groups in total. The molecule has 1 aliphatic rings. The molecule has 3 heterocycles. The predicted molar refractivity (Wildman–Crippen MR) is 148 cm³/mol. The number of carbonyl (C=O) groups excluding carboxylic acids is 2. The zero-order valence-corrected chi connectivity index (χ0v) is 24.0. The van der Waals surface area contributed by atoms with E-state index in [1.54, 1.807) is 51.2 Å². The summed E-state index contributed by atoms with van der Waals surface area (Å²) in [4.78, 5) is 37.8. The van der Waals surface area contributed by atoms with E-state index >= 15 is 0 Å². The van der Waals surface area contributed by atoms with E-state index in [4.69, 9.17) is 19.0 Å². The van der Waals surface area contributed by atoms with Gasteiger partial charge in [-0.25, -0.2) is 23.9 Å². The molecule has 0 bridgehead atoms. The van der Waals surface area contributed by atoms with Gasteiger partial charge >= 0.3 is 6.09 Å². The summed E-state index contributed by atoms with van der Waals surface area (Å²) in [5, 5.41) is 0. The van der Waals surface area contributed by atoms with Crippen LogP contribution in [0.4, 0.5) is 13.6 Å². The normalized spacial score (nSPS) is 15.3. The summed E-state index contributed by atoms with van der Waals surface area (Å²) in [5.41, 5.74) is 3.06. The fourth-order valence-corrected chi connectivity index (χ4v) is 4.76. The highest BCUT2D eigenvalue weighted by molar-refractivity contribution is 7.17. The second-order valence-electron chi connectivity index (χ2n) is 10.4. The van der Waals surface area contributed by atoms with Crippen LogP contribution in [0.25, 0.3) is 10.6 Å². The van der Waals surface area contributed by atoms with Gasteiger partial charge in [-0.3, -0.25) is 9.78 Å². The Labute approximate surface area is 241 Å². The van der Waals surface area contributed by atoms with Crippen LogP contribution >= 0.6 is 11.3 Å². The molecule has 1 fully saturated rings. The molecular weight excluding hydrogens is 556 g/mol. The number of halogens is 2. The Balaban J connectivity index is 1.37. The van der Waals surface area contributed by atoms with E-state index in [1.807, 2.05) is 0 Å². The van der Waals surface area contributed by atoms with Crippen LogP contribution in [0.1, 0.15) is 55.3 Å². The molecule has 2 amide bonds. The van der Waals surface area contributed by atoms with Gasteiger partial charge in [0, 0.05) is 19.2 Å². The number of benzene rings is 1. The average Bonchev–Trinajstić information content (AvgIpc) is 3.43. The molecule has 3 aromatic rings. The molecular formula is C29H33F2N3O6S. The number of hydrogen-bond donors (Lipinski definition) is 1. The van der Waals surface area contributed by atoms with E-state index in [0.717, 1.165) is 36.3 Å². The van der Waals surface area contributed by atoms with Crippen LogP contribution in [0.15, 0.2) is 48.7 Å². The number of rotatable bonds is 10. The molecule has 0 radical (unpaired) electrons. The lowest BCUT2D eigenvalue weighted by Gasteiger charge is -2.27. The lowest BCUT2D eigenvalue weighted by molar-refractivity contribution is -0.186. The minimum absolute atomic E-state index is 0.0157. The number of ether oxygens (including phenoxy) is 3. The molecule has 1 saturated heterocycles. The van der Waals surface area contributed by atoms with Gasteiger partial charge in [0.15, 0.2) is 23.7 Å². The summed E-state index contributed by atoms with van der Waals surface area (Å²) >= 11 is 1.27. The van der Waals surface area contributed by atoms with Gasteiger partial charge in [0.2, 0.25) is 0 Å². The van der Waals surface area contributed by atoms with Gasteiger partial charge in [-0.15, -0.1) is 11.3 Å². The van der Waals surface area contributed by atoms with E-state index in [0.29, 0.717) is 22.7 Å². The maximum absolute atomic E-state index is 13.9. The molecule has 220 valence electrons. The number of hydrogen-bond acceptors (Lipinski definition) is 8. The van der Waals surface area contributed by atoms with E-state index in [-0.39, 0.29) is 25.6 Å². The van der Waals surface area contributed by atoms with Crippen LogP contribution < -0.4 is 10.2 Å². The third-order valence-electron chi connectivity index (χ3n) is 5.88. The summed E-state index contributed by atoms with van der Waals surface area (Å²) in [7, 11) is 0. The summed E-state index contributed by atoms with van der Waals surface area (Å²) in [6.07, 6.45) is 3.28. The van der Waals surface area contributed by atoms with Gasteiger partial charge in [0.1, 0.15) is 12.2 Å². The Morgan fingerprint density at radius 1 is 1.12 bits per heavy atom. The van der Waals surface area contributed by atoms with Crippen molar-refractivity contribution in [2.75, 3.05) is 19.8 Å². The number of hydroxylamine groups is 1. The fourth-order valence-electron chi connectivity index (χ4n) is 3.90. The molecule has 1 aliphatic heterocycles. The van der Waals surface area contributed by atoms with E-state index in [9.17, 15) is 18.4 Å². The van der Waals surface area contributed by atoms with Crippen molar-refractivity contribution >= 4 is 23.3 Å². The molecule has 1 unspecified atom stereocenters. The maximum Gasteiger partial charge on any atom is 0.410 e. The first-order valence-electron chi connectivity index (χ1n) is 13.3. The zero-order chi connectivity index (χ0) is 29.4. The van der Waals surface area contributed by atoms with Gasteiger partial charge in [-0.2, -0.15) is 0 Å². The highest BCUT2D eigenvalue weighted by Gasteiger charge is 2.23. The topological polar surface area (TPSA) is 99.2 Å². The minimum atomic E-state index is -0.825. The van der Waals surface area contributed by atoms with E-state index in [1.165, 1.54) is 22.3 Å². The smallest absolute Gasteiger partial charge is 0.410 e. The van der Waals surface area contributed by atoms with Gasteiger partial charge in [0.05, 0.1) is 28.5 Å². The Morgan fingerprint density at radius 2 is 1.90 bits per heavy atom. The van der Waals surface area contributed by atoms with Crippen molar-refractivity contribution in [2.24, 2.45) is 0 Å². The first-order valence-corrected chi connectivity index (χ1v) is 14.1. The van der Waals surface area contributed by atoms with Crippen molar-refractivity contribution in [3.63, 3.8) is 0 Å². The second kappa shape index (κ2) is 13.8. The van der Waals surface area contributed by atoms with Crippen molar-refractivity contribution in [2.45, 2.75) is 58.5 Å². The first kappa shape index (κ1) is 30.4. The number of pyridine rings is 1. The largest absolute Gasteiger partial charge is 0.486 e. The lowest BCUT2D eigenvalue weighted by Crippen LogP contribution is -2.38. The van der Waals surface area contributed by atoms with Crippen LogP contribution in [-0.4, -0.2) is 53.5 Å². The van der Waals surface area contributed by atoms with Crippen molar-refractivity contribution in [1.29, 1.82) is 0 Å². The summed E-state index contributed by atoms with van der Waals surface area (Å²) in [5.74, 6) is -2.51. The molecule has 0 aliphatic carbocycles. The molecule has 9 nitrogen and oxygen atoms in total. The molecule has 2 aromatic heterocycles. The van der Waals surface area contributed by atoms with Crippen molar-refractivity contribution in [3.8, 4) is 16.3 Å². The molecule has 1 aromatic carbocycles. The second-order valence-corrected chi connectivity index (χ2v) is 11.4. The summed E-state index contributed by atoms with van der Waals surface area (Å²) in [6, 6.07) is 10.5. The molecule has 0 saturated carbocycles. The summed E-state index contributed by atoms with van der Waals surface area (Å²) in [6.45, 7) is 5.84. The molecule has 12 heteroatoms. The number of aromatic nitrogens is 1. The van der Waals surface area contributed by atoms with Crippen LogP contribution in [-0.2, 0) is 20.9 Å². The highest BCUT2D eigenvalue weighted by Crippen LogP contribution is 2.27. The molecule has 41 heavy (non-hydrogen) atoms. The Kier molecular flexibility index (Phi) is 10.2. The SMILES string of the molecule is CC(C)(C)OC(=O)N(CCOc1c(F)cccc1F)Cc1ccc(-c2ccc(C(=O)NOC3CCCCO3)s2)nc1. The van der Waals surface area contributed by atoms with E-state index < -0.39 is 35.4 Å². The number of amides is 2. The Bertz CT molecular complexity index is 1300. The quantitative estimate of drug-likeness (QED) is 0.286. The number of nitrogens with zero attached hydrogens (tertiary/aromatic N) is 2. The standard InChI is InChI=1S/C29H33F2N3O6S/c1-29(2,3)39-28(36)34(14-16-38-26-20(30)7-6-8-21(26)31)18-19-10-11-22(32-17-19)23-12-13-24(41-23)27(35)33-40-25-9-4-5-15-37-25/h6-8,10-13,17,25H,4-5,9,14-16,18H2,1-3H3,(H,33,35). The van der Waals surface area contributed by atoms with Gasteiger partial charge < -0.3 is 19.1 Å². The first-order chi connectivity index (χ1) is 19.6. The third kappa shape index (κ3) is 8.94. The number of para-hydroxylation sites is 1. The zero-order valence-electron chi connectivity index (χ0n) is 23.2. The van der Waals surface area contributed by atoms with Crippen molar-refractivity contribution in [3.05, 3.63) is 70.7 Å². The van der Waals surface area contributed by atoms with Gasteiger partial charge in [0.25, 0.3) is 5.91 Å². The van der Waals surface area contributed by atoms with Crippen LogP contribution in [0, 0.1) is 11.6 Å². The van der Waals surface area contributed by atoms with E-state index in [2.05, 4.69) is 10.5 Å². The number of carbonyl (C=O) groups is 2. The summed E-state index contributed by atoms with van der Waals surface area (Å²) < 4.78 is 44.1. The number of nitrogens with one attached hydrogen (secondary N) is 1. The molecule has 0 spiro atoms. The molecule has 4 rings (SSSR count). The van der Waals surface area contributed by atoms with Gasteiger partial charge in [-0.1, -0.05) is 12.1 Å². The fraction of sp³-hybridized carbons (Fsp3) is 0.414. The molecule has 1 atom stereocenters. The Morgan fingerprint density at radius 3 is 2.56 bits per heavy atom. The van der Waals surface area contributed by atoms with Crippen LogP contribution in [0.3, 0.4) is 0 Å². The average molecular weight is 590 g/mol. The number of thiophene rings is 1. The minimum Gasteiger partial charge on any atom is -0.486 e. The lowest BCUT2D eigenvalue weighted by atomic mass is 10.2. The third-order valence-corrected chi connectivity index (χ3v) is 6.99. The van der Waals surface area contributed by atoms with Crippen molar-refractivity contribution < 1.29 is 37.4 Å². The van der Waals surface area contributed by atoms with Gasteiger partial charge in [-0.05, 0) is 69.5 Å². The van der Waals surface area contributed by atoms with Crippen LogP contribution in [0.5, 0.6) is 5.75 Å². The monoisotopic (exact) mass is 589 g/mol. The van der Waals surface area contributed by atoms with Crippen LogP contribution in [0.2, 0.25) is 0 Å². The van der Waals surface area contributed by atoms with Crippen molar-refractivity contribution in [1.82, 2.24) is 15.4 Å².